The van der Waals surface area contributed by atoms with Gasteiger partial charge in [0.1, 0.15) is 0 Å². The van der Waals surface area contributed by atoms with E-state index < -0.39 is 0 Å². The molecule has 0 saturated carbocycles. The molecule has 2 atom stereocenters. The third-order valence-electron chi connectivity index (χ3n) is 2.94. The second-order valence-electron chi connectivity index (χ2n) is 4.29. The van der Waals surface area contributed by atoms with Crippen LogP contribution in [0.5, 0.6) is 0 Å². The summed E-state index contributed by atoms with van der Waals surface area (Å²) in [4.78, 5) is 2.45. The Morgan fingerprint density at radius 1 is 1.42 bits per heavy atom. The monoisotopic (exact) mass is 167 g/mol. The molecule has 0 radical (unpaired) electrons. The first kappa shape index (κ1) is 9.79. The molecule has 0 aromatic rings. The maximum atomic E-state index is 2.45. The molecule has 0 spiro atoms. The van der Waals surface area contributed by atoms with Crippen molar-refractivity contribution in [3.05, 3.63) is 11.6 Å². The Kier molecular flexibility index (Phi) is 3.33. The summed E-state index contributed by atoms with van der Waals surface area (Å²) in [6.07, 6.45) is 3.64. The molecule has 2 unspecified atom stereocenters. The van der Waals surface area contributed by atoms with Crippen LogP contribution in [0.3, 0.4) is 0 Å². The van der Waals surface area contributed by atoms with Crippen LogP contribution < -0.4 is 0 Å². The van der Waals surface area contributed by atoms with Crippen molar-refractivity contribution in [2.75, 3.05) is 20.1 Å². The molecule has 12 heavy (non-hydrogen) atoms. The fourth-order valence-corrected chi connectivity index (χ4v) is 2.18. The Bertz CT molecular complexity index is 162. The lowest BCUT2D eigenvalue weighted by Crippen LogP contribution is -2.37. The fourth-order valence-electron chi connectivity index (χ4n) is 2.18. The van der Waals surface area contributed by atoms with E-state index in [2.05, 4.69) is 38.8 Å². The second kappa shape index (κ2) is 4.08. The van der Waals surface area contributed by atoms with Crippen molar-refractivity contribution < 1.29 is 0 Å². The molecule has 0 bridgehead atoms. The molecule has 1 aliphatic rings. The highest BCUT2D eigenvalue weighted by molar-refractivity contribution is 5.04. The van der Waals surface area contributed by atoms with Crippen molar-refractivity contribution in [1.82, 2.24) is 4.90 Å². The van der Waals surface area contributed by atoms with Crippen LogP contribution >= 0.6 is 0 Å². The molecule has 0 aromatic carbocycles. The molecular weight excluding hydrogens is 146 g/mol. The molecular formula is C11H21N. The van der Waals surface area contributed by atoms with Gasteiger partial charge in [0.2, 0.25) is 0 Å². The van der Waals surface area contributed by atoms with E-state index in [-0.39, 0.29) is 0 Å². The normalized spacial score (nSPS) is 33.8. The molecule has 1 heteroatoms. The van der Waals surface area contributed by atoms with Crippen molar-refractivity contribution >= 4 is 0 Å². The summed E-state index contributed by atoms with van der Waals surface area (Å²) in [5, 5.41) is 0. The van der Waals surface area contributed by atoms with Crippen LogP contribution in [0, 0.1) is 11.8 Å². The van der Waals surface area contributed by atoms with E-state index in [4.69, 9.17) is 0 Å². The van der Waals surface area contributed by atoms with Crippen molar-refractivity contribution in [2.24, 2.45) is 11.8 Å². The molecule has 1 heterocycles. The maximum Gasteiger partial charge on any atom is 0.00441 e. The van der Waals surface area contributed by atoms with Crippen LogP contribution in [0.1, 0.15) is 27.2 Å². The largest absolute Gasteiger partial charge is 0.306 e. The molecule has 0 aliphatic carbocycles. The molecule has 70 valence electrons. The Morgan fingerprint density at radius 3 is 2.58 bits per heavy atom. The Morgan fingerprint density at radius 2 is 2.08 bits per heavy atom. The van der Waals surface area contributed by atoms with Crippen molar-refractivity contribution in [2.45, 2.75) is 27.2 Å². The van der Waals surface area contributed by atoms with Crippen molar-refractivity contribution in [3.63, 3.8) is 0 Å². The first-order chi connectivity index (χ1) is 5.63. The topological polar surface area (TPSA) is 3.24 Å². The lowest BCUT2D eigenvalue weighted by Gasteiger charge is -2.34. The van der Waals surface area contributed by atoms with Crippen molar-refractivity contribution in [3.8, 4) is 0 Å². The van der Waals surface area contributed by atoms with E-state index in [0.717, 1.165) is 11.8 Å². The molecule has 1 rings (SSSR count). The van der Waals surface area contributed by atoms with Gasteiger partial charge < -0.3 is 4.90 Å². The maximum absolute atomic E-state index is 2.45. The van der Waals surface area contributed by atoms with Gasteiger partial charge in [-0.3, -0.25) is 0 Å². The van der Waals surface area contributed by atoms with E-state index in [9.17, 15) is 0 Å². The minimum absolute atomic E-state index is 0.809. The highest BCUT2D eigenvalue weighted by Crippen LogP contribution is 2.25. The van der Waals surface area contributed by atoms with Gasteiger partial charge in [-0.2, -0.15) is 0 Å². The fraction of sp³-hybridized carbons (Fsp3) is 0.818. The van der Waals surface area contributed by atoms with Crippen LogP contribution in [0.2, 0.25) is 0 Å². The summed E-state index contributed by atoms with van der Waals surface area (Å²) in [6, 6.07) is 0. The van der Waals surface area contributed by atoms with E-state index in [1.165, 1.54) is 19.5 Å². The highest BCUT2D eigenvalue weighted by atomic mass is 15.1. The SMILES string of the molecule is C/C=C(/C)C1CC(C)CN(C)C1. The molecule has 1 saturated heterocycles. The zero-order chi connectivity index (χ0) is 9.14. The van der Waals surface area contributed by atoms with Gasteiger partial charge in [-0.15, -0.1) is 0 Å². The average molecular weight is 167 g/mol. The van der Waals surface area contributed by atoms with Crippen LogP contribution in [-0.2, 0) is 0 Å². The molecule has 0 N–H and O–H groups in total. The second-order valence-corrected chi connectivity index (χ2v) is 4.29. The summed E-state index contributed by atoms with van der Waals surface area (Å²) in [7, 11) is 2.23. The zero-order valence-electron chi connectivity index (χ0n) is 8.80. The lowest BCUT2D eigenvalue weighted by atomic mass is 9.86. The molecule has 0 amide bonds. The average Bonchev–Trinajstić information content (AvgIpc) is 2.01. The van der Waals surface area contributed by atoms with Crippen molar-refractivity contribution in [1.29, 1.82) is 0 Å². The van der Waals surface area contributed by atoms with Gasteiger partial charge in [-0.1, -0.05) is 18.6 Å². The number of hydrogen-bond acceptors (Lipinski definition) is 1. The van der Waals surface area contributed by atoms with Crippen LogP contribution in [0.4, 0.5) is 0 Å². The minimum Gasteiger partial charge on any atom is -0.306 e. The third kappa shape index (κ3) is 2.34. The number of rotatable bonds is 1. The number of piperidine rings is 1. The van der Waals surface area contributed by atoms with Crippen LogP contribution in [0.25, 0.3) is 0 Å². The first-order valence-corrected chi connectivity index (χ1v) is 4.94. The van der Waals surface area contributed by atoms with Crippen LogP contribution in [-0.4, -0.2) is 25.0 Å². The van der Waals surface area contributed by atoms with Gasteiger partial charge in [0.25, 0.3) is 0 Å². The molecule has 1 nitrogen and oxygen atoms in total. The van der Waals surface area contributed by atoms with Gasteiger partial charge in [0, 0.05) is 13.1 Å². The van der Waals surface area contributed by atoms with E-state index >= 15 is 0 Å². The number of likely N-dealkylation sites (tertiary alicyclic amines) is 1. The molecule has 0 aromatic heterocycles. The predicted octanol–water partition coefficient (Wildman–Crippen LogP) is 2.54. The highest BCUT2D eigenvalue weighted by Gasteiger charge is 2.22. The smallest absolute Gasteiger partial charge is 0.00441 e. The standard InChI is InChI=1S/C11H21N/c1-5-10(3)11-6-9(2)7-12(4)8-11/h5,9,11H,6-8H2,1-4H3/b10-5-. The number of hydrogen-bond donors (Lipinski definition) is 0. The summed E-state index contributed by atoms with van der Waals surface area (Å²) in [6.45, 7) is 9.28. The quantitative estimate of drug-likeness (QED) is 0.542. The summed E-state index contributed by atoms with van der Waals surface area (Å²) < 4.78 is 0. The zero-order valence-corrected chi connectivity index (χ0v) is 8.80. The van der Waals surface area contributed by atoms with E-state index in [0.29, 0.717) is 0 Å². The van der Waals surface area contributed by atoms with Gasteiger partial charge in [-0.25, -0.2) is 0 Å². The van der Waals surface area contributed by atoms with Gasteiger partial charge in [-0.05, 0) is 39.2 Å². The van der Waals surface area contributed by atoms with E-state index in [1.807, 2.05) is 0 Å². The van der Waals surface area contributed by atoms with Crippen LogP contribution in [0.15, 0.2) is 11.6 Å². The lowest BCUT2D eigenvalue weighted by molar-refractivity contribution is 0.179. The van der Waals surface area contributed by atoms with Gasteiger partial charge in [0.05, 0.1) is 0 Å². The summed E-state index contributed by atoms with van der Waals surface area (Å²) in [5.74, 6) is 1.67. The third-order valence-corrected chi connectivity index (χ3v) is 2.94. The Hall–Kier alpha value is -0.300. The summed E-state index contributed by atoms with van der Waals surface area (Å²) >= 11 is 0. The Labute approximate surface area is 76.5 Å². The van der Waals surface area contributed by atoms with Gasteiger partial charge in [0.15, 0.2) is 0 Å². The number of nitrogens with zero attached hydrogens (tertiary/aromatic N) is 1. The minimum atomic E-state index is 0.809. The Balaban J connectivity index is 2.55. The van der Waals surface area contributed by atoms with E-state index in [1.54, 1.807) is 5.57 Å². The predicted molar refractivity (Wildman–Crippen MR) is 54.2 cm³/mol. The molecule has 1 fully saturated rings. The van der Waals surface area contributed by atoms with Gasteiger partial charge >= 0.3 is 0 Å². The summed E-state index contributed by atoms with van der Waals surface area (Å²) in [5.41, 5.74) is 1.56. The molecule has 1 aliphatic heterocycles. The first-order valence-electron chi connectivity index (χ1n) is 4.94. The number of allylic oxidation sites excluding steroid dienone is 1.